The Bertz CT molecular complexity index is 839. The zero-order valence-electron chi connectivity index (χ0n) is 16.5. The highest BCUT2D eigenvalue weighted by molar-refractivity contribution is 8.34. The summed E-state index contributed by atoms with van der Waals surface area (Å²) in [5.74, 6) is 14.6. The Morgan fingerprint density at radius 2 is 0.767 bits per heavy atom. The maximum Gasteiger partial charge on any atom is 0.0539 e. The Morgan fingerprint density at radius 3 is 1.03 bits per heavy atom. The highest BCUT2D eigenvalue weighted by atomic mass is 32.3. The molecule has 0 amide bonds. The molecular weight excluding hydrogens is 481 g/mol. The molecule has 0 atom stereocenters. The van der Waals surface area contributed by atoms with E-state index in [9.17, 15) is 0 Å². The molecule has 9 rings (SSSR count). The molecule has 6 heteroatoms. The number of benzene rings is 1. The van der Waals surface area contributed by atoms with Gasteiger partial charge in [0.2, 0.25) is 0 Å². The zero-order valence-corrected chi connectivity index (χ0v) is 21.4. The summed E-state index contributed by atoms with van der Waals surface area (Å²) in [5.41, 5.74) is 2.88. The van der Waals surface area contributed by atoms with Crippen LogP contribution in [-0.4, -0.2) is 27.5 Å². The number of hydrogen-bond acceptors (Lipinski definition) is 6. The summed E-state index contributed by atoms with van der Waals surface area (Å²) in [5, 5.41) is 0. The highest BCUT2D eigenvalue weighted by Gasteiger charge is 2.53. The van der Waals surface area contributed by atoms with E-state index in [1.54, 1.807) is 0 Å². The minimum atomic E-state index is 0.284. The lowest BCUT2D eigenvalue weighted by Gasteiger charge is -2.53. The monoisotopic (exact) mass is 502 g/mol. The van der Waals surface area contributed by atoms with Crippen molar-refractivity contribution in [3.05, 3.63) is 35.4 Å². The van der Waals surface area contributed by atoms with Gasteiger partial charge in [-0.05, 0) is 62.8 Å². The summed E-state index contributed by atoms with van der Waals surface area (Å²) in [6.45, 7) is 0. The van der Waals surface area contributed by atoms with Crippen molar-refractivity contribution in [1.82, 2.24) is 0 Å². The van der Waals surface area contributed by atoms with Crippen molar-refractivity contribution >= 4 is 70.6 Å². The van der Waals surface area contributed by atoms with Gasteiger partial charge in [-0.1, -0.05) is 23.7 Å². The molecule has 0 saturated carbocycles. The number of thioether (sulfide) groups is 6. The van der Waals surface area contributed by atoms with E-state index >= 15 is 0 Å². The summed E-state index contributed by atoms with van der Waals surface area (Å²) in [6, 6.07) is 8.77. The molecule has 0 aliphatic carbocycles. The smallest absolute Gasteiger partial charge is 0.0539 e. The first-order chi connectivity index (χ1) is 14.6. The lowest BCUT2D eigenvalue weighted by Crippen LogP contribution is -2.43. The van der Waals surface area contributed by atoms with Crippen LogP contribution < -0.4 is 0 Å². The third kappa shape index (κ3) is 3.66. The van der Waals surface area contributed by atoms with Gasteiger partial charge in [0.15, 0.2) is 0 Å². The molecule has 8 saturated heterocycles. The van der Waals surface area contributed by atoms with E-state index in [-0.39, 0.29) is 10.8 Å². The molecule has 0 N–H and O–H groups in total. The fourth-order valence-corrected chi connectivity index (χ4v) is 20.2. The normalized spacial score (nSPS) is 46.8. The van der Waals surface area contributed by atoms with Crippen LogP contribution in [0.15, 0.2) is 24.3 Å². The van der Waals surface area contributed by atoms with Gasteiger partial charge >= 0.3 is 0 Å². The van der Waals surface area contributed by atoms with E-state index in [0.717, 1.165) is 38.6 Å². The maximum absolute atomic E-state index is 3.75. The van der Waals surface area contributed by atoms with Crippen molar-refractivity contribution in [2.75, 3.05) is 0 Å². The second-order valence-electron chi connectivity index (χ2n) is 9.26. The van der Waals surface area contributed by atoms with Crippen LogP contribution in [0.4, 0.5) is 0 Å². The van der Waals surface area contributed by atoms with Crippen LogP contribution in [0, 0.1) is 34.5 Å². The van der Waals surface area contributed by atoms with E-state index in [1.165, 1.54) is 38.5 Å². The minimum Gasteiger partial charge on any atom is -0.133 e. The standard InChI is InChI=1S/C24H22S6/c1-2-16(6-8-24-12-20-28-21(13-24)30-22(14-24)29-20)4-3-15(1)5-7-23-9-17-25-18(10-23)27-19(11-23)26-17/h1-4,17-22H,9-14H2. The van der Waals surface area contributed by atoms with Gasteiger partial charge in [-0.3, -0.25) is 0 Å². The Balaban J connectivity index is 1.08. The topological polar surface area (TPSA) is 0 Å². The Hall–Kier alpha value is 0.440. The summed E-state index contributed by atoms with van der Waals surface area (Å²) < 4.78 is 4.72. The predicted octanol–water partition coefficient (Wildman–Crippen LogP) is 7.14. The van der Waals surface area contributed by atoms with E-state index < -0.39 is 0 Å². The lowest BCUT2D eigenvalue weighted by molar-refractivity contribution is 0.322. The van der Waals surface area contributed by atoms with Crippen LogP contribution >= 0.6 is 70.6 Å². The van der Waals surface area contributed by atoms with Crippen molar-refractivity contribution in [2.24, 2.45) is 10.8 Å². The Kier molecular flexibility index (Phi) is 4.95. The highest BCUT2D eigenvalue weighted by Crippen LogP contribution is 2.67. The van der Waals surface area contributed by atoms with Crippen LogP contribution in [0.2, 0.25) is 0 Å². The van der Waals surface area contributed by atoms with Crippen LogP contribution in [0.3, 0.4) is 0 Å². The second-order valence-corrected chi connectivity index (χ2v) is 19.5. The summed E-state index contributed by atoms with van der Waals surface area (Å²) in [7, 11) is 0. The quantitative estimate of drug-likeness (QED) is 0.343. The van der Waals surface area contributed by atoms with E-state index in [0.29, 0.717) is 0 Å². The maximum atomic E-state index is 3.75. The van der Waals surface area contributed by atoms with Crippen molar-refractivity contribution in [2.45, 2.75) is 66.0 Å². The fourth-order valence-electron chi connectivity index (χ4n) is 5.55. The van der Waals surface area contributed by atoms with E-state index in [2.05, 4.69) is 119 Å². The van der Waals surface area contributed by atoms with Gasteiger partial charge in [-0.2, -0.15) is 0 Å². The Labute approximate surface area is 205 Å². The summed E-state index contributed by atoms with van der Waals surface area (Å²) in [4.78, 5) is 0. The first kappa shape index (κ1) is 19.9. The van der Waals surface area contributed by atoms with Crippen molar-refractivity contribution in [3.8, 4) is 23.7 Å². The van der Waals surface area contributed by atoms with Gasteiger partial charge in [-0.25, -0.2) is 0 Å². The number of hydrogen-bond donors (Lipinski definition) is 0. The molecule has 30 heavy (non-hydrogen) atoms. The molecular formula is C24H22S6. The second kappa shape index (κ2) is 7.48. The summed E-state index contributed by atoms with van der Waals surface area (Å²) >= 11 is 13.2. The molecule has 1 aromatic rings. The van der Waals surface area contributed by atoms with Crippen LogP contribution in [0.25, 0.3) is 0 Å². The molecule has 8 aliphatic rings. The summed E-state index contributed by atoms with van der Waals surface area (Å²) in [6.07, 6.45) is 7.70. The molecule has 1 aromatic carbocycles. The van der Waals surface area contributed by atoms with E-state index in [1.807, 2.05) is 0 Å². The molecule has 0 radical (unpaired) electrons. The van der Waals surface area contributed by atoms with Gasteiger partial charge in [0, 0.05) is 22.0 Å². The molecule has 0 spiro atoms. The zero-order chi connectivity index (χ0) is 19.8. The molecule has 8 fully saturated rings. The SMILES string of the molecule is C(#CC12CC3SC(C1)SC(C2)S3)c1ccc(C#CC23CC4SC(C2)SC(C3)S4)cc1. The van der Waals surface area contributed by atoms with Crippen LogP contribution in [0.5, 0.6) is 0 Å². The molecule has 8 heterocycles. The first-order valence-electron chi connectivity index (χ1n) is 10.7. The lowest BCUT2D eigenvalue weighted by atomic mass is 9.79. The van der Waals surface area contributed by atoms with Gasteiger partial charge in [0.1, 0.15) is 0 Å². The van der Waals surface area contributed by atoms with Crippen molar-refractivity contribution < 1.29 is 0 Å². The molecule has 0 aromatic heterocycles. The molecule has 8 aliphatic heterocycles. The van der Waals surface area contributed by atoms with Gasteiger partial charge < -0.3 is 0 Å². The largest absolute Gasteiger partial charge is 0.133 e. The predicted molar refractivity (Wildman–Crippen MR) is 141 cm³/mol. The van der Waals surface area contributed by atoms with Gasteiger partial charge in [0.05, 0.1) is 27.5 Å². The van der Waals surface area contributed by atoms with Gasteiger partial charge in [-0.15, -0.1) is 70.6 Å². The molecule has 154 valence electrons. The third-order valence-electron chi connectivity index (χ3n) is 6.99. The first-order valence-corrected chi connectivity index (χ1v) is 16.4. The fraction of sp³-hybridized carbons (Fsp3) is 0.583. The Morgan fingerprint density at radius 1 is 0.500 bits per heavy atom. The molecule has 8 bridgehead atoms. The van der Waals surface area contributed by atoms with Crippen molar-refractivity contribution in [3.63, 3.8) is 0 Å². The van der Waals surface area contributed by atoms with Crippen LogP contribution in [-0.2, 0) is 0 Å². The third-order valence-corrected chi connectivity index (χ3v) is 16.6. The van der Waals surface area contributed by atoms with Crippen molar-refractivity contribution in [1.29, 1.82) is 0 Å². The molecule has 0 nitrogen and oxygen atoms in total. The molecule has 0 unspecified atom stereocenters. The average molecular weight is 503 g/mol. The number of rotatable bonds is 0. The van der Waals surface area contributed by atoms with Gasteiger partial charge in [0.25, 0.3) is 0 Å². The van der Waals surface area contributed by atoms with E-state index in [4.69, 9.17) is 0 Å². The van der Waals surface area contributed by atoms with Crippen LogP contribution in [0.1, 0.15) is 49.7 Å². The average Bonchev–Trinajstić information content (AvgIpc) is 2.70. The minimum absolute atomic E-state index is 0.284.